The Labute approximate surface area is 139 Å². The third-order valence-corrected chi connectivity index (χ3v) is 4.08. The molecule has 0 spiro atoms. The van der Waals surface area contributed by atoms with E-state index in [9.17, 15) is 9.59 Å². The molecular weight excluding hydrogens is 314 g/mol. The Morgan fingerprint density at radius 1 is 1.26 bits per heavy atom. The first kappa shape index (κ1) is 15.5. The normalized spacial score (nSPS) is 17.3. The lowest BCUT2D eigenvalue weighted by atomic mass is 10.1. The van der Waals surface area contributed by atoms with Crippen LogP contribution in [-0.2, 0) is 16.1 Å². The zero-order valence-corrected chi connectivity index (χ0v) is 13.2. The molecule has 1 aromatic heterocycles. The second-order valence-electron chi connectivity index (χ2n) is 5.35. The molecule has 1 saturated heterocycles. The number of carbonyl (C=O) groups excluding carboxylic acids is 2. The van der Waals surface area contributed by atoms with E-state index in [0.717, 1.165) is 11.4 Å². The van der Waals surface area contributed by atoms with Crippen molar-refractivity contribution in [3.63, 3.8) is 0 Å². The summed E-state index contributed by atoms with van der Waals surface area (Å²) in [7, 11) is 0. The van der Waals surface area contributed by atoms with Gasteiger partial charge in [-0.25, -0.2) is 0 Å². The molecule has 0 unspecified atom stereocenters. The van der Waals surface area contributed by atoms with Gasteiger partial charge in [-0.15, -0.1) is 0 Å². The van der Waals surface area contributed by atoms with Gasteiger partial charge in [-0.3, -0.25) is 14.6 Å². The van der Waals surface area contributed by atoms with Crippen LogP contribution < -0.4 is 10.2 Å². The van der Waals surface area contributed by atoms with Crippen LogP contribution in [-0.4, -0.2) is 23.3 Å². The molecular formula is C17H16ClN3O2. The molecule has 2 aromatic rings. The average molecular weight is 330 g/mol. The zero-order chi connectivity index (χ0) is 16.2. The van der Waals surface area contributed by atoms with Gasteiger partial charge < -0.3 is 10.2 Å². The van der Waals surface area contributed by atoms with Crippen molar-refractivity contribution in [1.29, 1.82) is 0 Å². The van der Waals surface area contributed by atoms with Gasteiger partial charge in [-0.05, 0) is 42.8 Å². The SMILES string of the molecule is O=C(NCc1ccccn1)[C@H]1CCN(c2ccc(Cl)cc2)C1=O. The minimum absolute atomic E-state index is 0.175. The van der Waals surface area contributed by atoms with E-state index < -0.39 is 5.92 Å². The Hall–Kier alpha value is -2.40. The minimum Gasteiger partial charge on any atom is -0.350 e. The van der Waals surface area contributed by atoms with Crippen LogP contribution in [0.25, 0.3) is 0 Å². The third-order valence-electron chi connectivity index (χ3n) is 3.83. The molecule has 1 aromatic carbocycles. The summed E-state index contributed by atoms with van der Waals surface area (Å²) in [4.78, 5) is 30.5. The highest BCUT2D eigenvalue weighted by Gasteiger charge is 2.37. The highest BCUT2D eigenvalue weighted by molar-refractivity contribution is 6.30. The molecule has 23 heavy (non-hydrogen) atoms. The van der Waals surface area contributed by atoms with E-state index in [0.29, 0.717) is 24.5 Å². The highest BCUT2D eigenvalue weighted by Crippen LogP contribution is 2.26. The van der Waals surface area contributed by atoms with Crippen LogP contribution in [0.1, 0.15) is 12.1 Å². The first-order valence-corrected chi connectivity index (χ1v) is 7.77. The lowest BCUT2D eigenvalue weighted by Gasteiger charge is -2.16. The summed E-state index contributed by atoms with van der Waals surface area (Å²) < 4.78 is 0. The zero-order valence-electron chi connectivity index (χ0n) is 12.4. The van der Waals surface area contributed by atoms with Gasteiger partial charge in [0.15, 0.2) is 0 Å². The number of benzene rings is 1. The number of rotatable bonds is 4. The van der Waals surface area contributed by atoms with Crippen LogP contribution in [0.5, 0.6) is 0 Å². The van der Waals surface area contributed by atoms with Gasteiger partial charge >= 0.3 is 0 Å². The van der Waals surface area contributed by atoms with E-state index >= 15 is 0 Å². The average Bonchev–Trinajstić information content (AvgIpc) is 2.96. The molecule has 3 rings (SSSR count). The number of carbonyl (C=O) groups is 2. The summed E-state index contributed by atoms with van der Waals surface area (Å²) in [5, 5.41) is 3.40. The van der Waals surface area contributed by atoms with Crippen LogP contribution in [0.15, 0.2) is 48.7 Å². The van der Waals surface area contributed by atoms with E-state index in [2.05, 4.69) is 10.3 Å². The number of anilines is 1. The Morgan fingerprint density at radius 3 is 2.74 bits per heavy atom. The maximum Gasteiger partial charge on any atom is 0.239 e. The third kappa shape index (κ3) is 3.51. The summed E-state index contributed by atoms with van der Waals surface area (Å²) in [6.07, 6.45) is 2.18. The fourth-order valence-corrected chi connectivity index (χ4v) is 2.73. The van der Waals surface area contributed by atoms with E-state index in [4.69, 9.17) is 11.6 Å². The van der Waals surface area contributed by atoms with Crippen molar-refractivity contribution in [2.75, 3.05) is 11.4 Å². The summed E-state index contributed by atoms with van der Waals surface area (Å²) in [6.45, 7) is 0.854. The Balaban J connectivity index is 1.62. The molecule has 118 valence electrons. The number of amides is 2. The number of pyridine rings is 1. The predicted molar refractivity (Wildman–Crippen MR) is 88.0 cm³/mol. The molecule has 1 N–H and O–H groups in total. The minimum atomic E-state index is -0.644. The number of hydrogen-bond acceptors (Lipinski definition) is 3. The Bertz CT molecular complexity index is 704. The molecule has 1 fully saturated rings. The molecule has 1 atom stereocenters. The molecule has 0 aliphatic carbocycles. The van der Waals surface area contributed by atoms with E-state index in [1.165, 1.54) is 0 Å². The molecule has 2 heterocycles. The van der Waals surface area contributed by atoms with Gasteiger partial charge in [-0.2, -0.15) is 0 Å². The van der Waals surface area contributed by atoms with Crippen LogP contribution in [0.4, 0.5) is 5.69 Å². The van der Waals surface area contributed by atoms with Crippen molar-refractivity contribution >= 4 is 29.1 Å². The first-order chi connectivity index (χ1) is 11.1. The fourth-order valence-electron chi connectivity index (χ4n) is 2.60. The molecule has 2 amide bonds. The van der Waals surface area contributed by atoms with Crippen molar-refractivity contribution < 1.29 is 9.59 Å². The van der Waals surface area contributed by atoms with Crippen molar-refractivity contribution in [2.45, 2.75) is 13.0 Å². The Kier molecular flexibility index (Phi) is 4.57. The summed E-state index contributed by atoms with van der Waals surface area (Å²) in [5.41, 5.74) is 1.53. The maximum atomic E-state index is 12.5. The van der Waals surface area contributed by atoms with Crippen molar-refractivity contribution in [2.24, 2.45) is 5.92 Å². The maximum absolute atomic E-state index is 12.5. The second-order valence-corrected chi connectivity index (χ2v) is 5.78. The Morgan fingerprint density at radius 2 is 2.04 bits per heavy atom. The van der Waals surface area contributed by atoms with Gasteiger partial charge in [0, 0.05) is 23.5 Å². The lowest BCUT2D eigenvalue weighted by Crippen LogP contribution is -2.36. The van der Waals surface area contributed by atoms with Crippen LogP contribution in [0, 0.1) is 5.92 Å². The van der Waals surface area contributed by atoms with Crippen molar-refractivity contribution in [3.05, 3.63) is 59.4 Å². The second kappa shape index (κ2) is 6.79. The van der Waals surface area contributed by atoms with E-state index in [-0.39, 0.29) is 11.8 Å². The van der Waals surface area contributed by atoms with Crippen LogP contribution in [0.2, 0.25) is 5.02 Å². The number of nitrogens with one attached hydrogen (secondary N) is 1. The predicted octanol–water partition coefficient (Wildman–Crippen LogP) is 2.40. The lowest BCUT2D eigenvalue weighted by molar-refractivity contribution is -0.132. The topological polar surface area (TPSA) is 62.3 Å². The standard InChI is InChI=1S/C17H16ClN3O2/c18-12-4-6-14(7-5-12)21-10-8-15(17(21)23)16(22)20-11-13-3-1-2-9-19-13/h1-7,9,15H,8,10-11H2,(H,20,22)/t15-/m1/s1. The monoisotopic (exact) mass is 329 g/mol. The van der Waals surface area contributed by atoms with Gasteiger partial charge in [0.2, 0.25) is 11.8 Å². The number of nitrogens with zero attached hydrogens (tertiary/aromatic N) is 2. The highest BCUT2D eigenvalue weighted by atomic mass is 35.5. The molecule has 1 aliphatic heterocycles. The van der Waals surface area contributed by atoms with Gasteiger partial charge in [0.1, 0.15) is 5.92 Å². The number of hydrogen-bond donors (Lipinski definition) is 1. The molecule has 5 nitrogen and oxygen atoms in total. The number of aromatic nitrogens is 1. The largest absolute Gasteiger partial charge is 0.350 e. The van der Waals surface area contributed by atoms with Crippen LogP contribution >= 0.6 is 11.6 Å². The summed E-state index contributed by atoms with van der Waals surface area (Å²) in [6, 6.07) is 12.5. The van der Waals surface area contributed by atoms with Crippen molar-refractivity contribution in [3.8, 4) is 0 Å². The smallest absolute Gasteiger partial charge is 0.239 e. The number of halogens is 1. The van der Waals surface area contributed by atoms with Gasteiger partial charge in [-0.1, -0.05) is 17.7 Å². The van der Waals surface area contributed by atoms with E-state index in [1.807, 2.05) is 18.2 Å². The van der Waals surface area contributed by atoms with E-state index in [1.54, 1.807) is 35.4 Å². The molecule has 0 bridgehead atoms. The first-order valence-electron chi connectivity index (χ1n) is 7.40. The van der Waals surface area contributed by atoms with Gasteiger partial charge in [0.05, 0.1) is 12.2 Å². The summed E-state index contributed by atoms with van der Waals surface area (Å²) in [5.74, 6) is -1.07. The summed E-state index contributed by atoms with van der Waals surface area (Å²) >= 11 is 5.86. The van der Waals surface area contributed by atoms with Crippen LogP contribution in [0.3, 0.4) is 0 Å². The van der Waals surface area contributed by atoms with Crippen molar-refractivity contribution in [1.82, 2.24) is 10.3 Å². The molecule has 0 radical (unpaired) electrons. The quantitative estimate of drug-likeness (QED) is 0.876. The fraction of sp³-hybridized carbons (Fsp3) is 0.235. The van der Waals surface area contributed by atoms with Gasteiger partial charge in [0.25, 0.3) is 0 Å². The molecule has 0 saturated carbocycles. The molecule has 6 heteroatoms. The molecule has 1 aliphatic rings.